The Morgan fingerprint density at radius 3 is 1.83 bits per heavy atom. The topological polar surface area (TPSA) is 175 Å². The van der Waals surface area contributed by atoms with E-state index in [1.807, 2.05) is 48.6 Å². The third kappa shape index (κ3) is 40.9. The average Bonchev–Trinajstić information content (AvgIpc) is 3.21. The standard InChI is InChI=1S/C47H74NO10P/c1-3-5-7-8-9-10-11-12-13-14-15-16-17-18-22-25-31-37-46(51)55-41-45(42-57-59(53,54)56-40-39-48)58-47(52)38-32-26-30-36-44(50)35-29-24-21-19-20-23-28-34-43(49)33-27-6-4-2/h6,9-10,12-13,15-16,18,20-24,27-30,34-36,43-45,49-50H,3-5,7-8,11,14,17,19,25-26,31-33,37-42,48H2,1-2H3,(H,53,54)/b10-9-,13-12-,16-15-,22-18-,23-20-,24-21-,27-6-,34-28+,35-29+,36-30-/t43-,44-,45+/m0/s1. The van der Waals surface area contributed by atoms with Crippen molar-refractivity contribution in [3.05, 3.63) is 122 Å². The number of nitrogens with two attached hydrogens (primary N) is 1. The fraction of sp³-hybridized carbons (Fsp3) is 0.532. The fourth-order valence-corrected chi connectivity index (χ4v) is 5.60. The molecule has 11 nitrogen and oxygen atoms in total. The molecule has 0 aliphatic rings. The molecule has 59 heavy (non-hydrogen) atoms. The van der Waals surface area contributed by atoms with Crippen LogP contribution in [0.15, 0.2) is 122 Å². The van der Waals surface area contributed by atoms with Crippen molar-refractivity contribution >= 4 is 19.8 Å². The van der Waals surface area contributed by atoms with Crippen LogP contribution in [0.1, 0.15) is 117 Å². The Morgan fingerprint density at radius 2 is 1.20 bits per heavy atom. The number of unbranched alkanes of at least 4 members (excludes halogenated alkanes) is 5. The molecule has 0 radical (unpaired) electrons. The Kier molecular flexibility index (Phi) is 38.5. The van der Waals surface area contributed by atoms with Crippen molar-refractivity contribution in [2.45, 2.75) is 135 Å². The number of hydrogen-bond donors (Lipinski definition) is 4. The molecule has 332 valence electrons. The van der Waals surface area contributed by atoms with E-state index in [1.165, 1.54) is 19.3 Å². The van der Waals surface area contributed by atoms with E-state index in [4.69, 9.17) is 24.3 Å². The number of allylic oxidation sites excluding steroid dienone is 16. The van der Waals surface area contributed by atoms with E-state index in [1.54, 1.807) is 30.4 Å². The van der Waals surface area contributed by atoms with E-state index >= 15 is 0 Å². The molecule has 0 saturated heterocycles. The third-order valence-electron chi connectivity index (χ3n) is 8.01. The minimum absolute atomic E-state index is 0.00542. The zero-order valence-corrected chi connectivity index (χ0v) is 36.5. The molecule has 0 aromatic heterocycles. The lowest BCUT2D eigenvalue weighted by Crippen LogP contribution is -2.29. The molecule has 0 heterocycles. The normalized spacial score (nSPS) is 15.6. The average molecular weight is 844 g/mol. The quantitative estimate of drug-likeness (QED) is 0.0154. The lowest BCUT2D eigenvalue weighted by molar-refractivity contribution is -0.161. The Hall–Kier alpha value is -3.67. The van der Waals surface area contributed by atoms with Gasteiger partial charge in [0.2, 0.25) is 0 Å². The maximum atomic E-state index is 12.6. The number of carbonyl (C=O) groups excluding carboxylic acids is 2. The summed E-state index contributed by atoms with van der Waals surface area (Å²) in [6.45, 7) is 3.18. The first-order chi connectivity index (χ1) is 28.6. The van der Waals surface area contributed by atoms with Crippen LogP contribution < -0.4 is 5.73 Å². The molecular formula is C47H74NO10P. The summed E-state index contributed by atoms with van der Waals surface area (Å²) in [5.41, 5.74) is 5.33. The van der Waals surface area contributed by atoms with Gasteiger partial charge in [-0.15, -0.1) is 0 Å². The molecule has 0 bridgehead atoms. The van der Waals surface area contributed by atoms with E-state index in [9.17, 15) is 29.3 Å². The van der Waals surface area contributed by atoms with Gasteiger partial charge in [0.1, 0.15) is 6.61 Å². The van der Waals surface area contributed by atoms with Crippen molar-refractivity contribution in [3.63, 3.8) is 0 Å². The lowest BCUT2D eigenvalue weighted by atomic mass is 10.2. The van der Waals surface area contributed by atoms with Crippen LogP contribution in [-0.4, -0.2) is 71.7 Å². The van der Waals surface area contributed by atoms with Crippen molar-refractivity contribution in [2.24, 2.45) is 5.73 Å². The van der Waals surface area contributed by atoms with Gasteiger partial charge >= 0.3 is 19.8 Å². The highest BCUT2D eigenvalue weighted by Gasteiger charge is 2.25. The van der Waals surface area contributed by atoms with Crippen LogP contribution in [0.2, 0.25) is 0 Å². The number of aliphatic hydroxyl groups is 2. The van der Waals surface area contributed by atoms with Crippen LogP contribution in [0.5, 0.6) is 0 Å². The van der Waals surface area contributed by atoms with Gasteiger partial charge in [0, 0.05) is 19.4 Å². The number of hydrogen-bond acceptors (Lipinski definition) is 10. The summed E-state index contributed by atoms with van der Waals surface area (Å²) in [6, 6.07) is 0. The Balaban J connectivity index is 4.55. The lowest BCUT2D eigenvalue weighted by Gasteiger charge is -2.19. The molecule has 0 amide bonds. The second-order valence-electron chi connectivity index (χ2n) is 13.5. The largest absolute Gasteiger partial charge is 0.472 e. The zero-order chi connectivity index (χ0) is 43.5. The molecule has 0 rings (SSSR count). The molecule has 0 aliphatic carbocycles. The van der Waals surface area contributed by atoms with E-state index < -0.39 is 44.7 Å². The number of ether oxygens (including phenoxy) is 2. The molecule has 0 fully saturated rings. The third-order valence-corrected chi connectivity index (χ3v) is 8.99. The second kappa shape index (κ2) is 41.1. The summed E-state index contributed by atoms with van der Waals surface area (Å²) in [6.07, 6.45) is 48.8. The van der Waals surface area contributed by atoms with Gasteiger partial charge in [-0.2, -0.15) is 0 Å². The first-order valence-electron chi connectivity index (χ1n) is 21.2. The number of phosphoric acid groups is 1. The first-order valence-corrected chi connectivity index (χ1v) is 22.7. The van der Waals surface area contributed by atoms with Crippen molar-refractivity contribution in [3.8, 4) is 0 Å². The molecule has 0 spiro atoms. The minimum Gasteiger partial charge on any atom is -0.462 e. The summed E-state index contributed by atoms with van der Waals surface area (Å²) >= 11 is 0. The predicted octanol–water partition coefficient (Wildman–Crippen LogP) is 10.1. The van der Waals surface area contributed by atoms with Crippen LogP contribution in [0.4, 0.5) is 0 Å². The SMILES string of the molecule is CC/C=C\C[C@H](O)/C=C/C=C\C/C=C\C=C\[C@H](O)/C=C\CCCC(=O)O[C@H](COC(=O)CCC/C=C\C/C=C\C/C=C\C/C=C\CCCCC)COP(=O)(O)OCCN. The number of aliphatic hydroxyl groups excluding tert-OH is 2. The summed E-state index contributed by atoms with van der Waals surface area (Å²) in [5.74, 6) is -1.09. The molecule has 0 aliphatic heterocycles. The van der Waals surface area contributed by atoms with Gasteiger partial charge in [-0.25, -0.2) is 4.57 Å². The van der Waals surface area contributed by atoms with E-state index in [0.717, 1.165) is 32.1 Å². The molecule has 1 unspecified atom stereocenters. The molecule has 0 aromatic carbocycles. The van der Waals surface area contributed by atoms with Crippen LogP contribution in [-0.2, 0) is 32.7 Å². The van der Waals surface area contributed by atoms with Gasteiger partial charge in [-0.3, -0.25) is 18.6 Å². The fourth-order valence-electron chi connectivity index (χ4n) is 4.84. The highest BCUT2D eigenvalue weighted by atomic mass is 31.2. The monoisotopic (exact) mass is 844 g/mol. The molecule has 5 N–H and O–H groups in total. The van der Waals surface area contributed by atoms with Gasteiger partial charge in [0.05, 0.1) is 25.4 Å². The Bertz CT molecular complexity index is 1410. The van der Waals surface area contributed by atoms with Gasteiger partial charge in [-0.05, 0) is 77.0 Å². The van der Waals surface area contributed by atoms with Gasteiger partial charge in [0.15, 0.2) is 6.10 Å². The minimum atomic E-state index is -4.45. The second-order valence-corrected chi connectivity index (χ2v) is 15.0. The van der Waals surface area contributed by atoms with E-state index in [-0.39, 0.29) is 32.6 Å². The first kappa shape index (κ1) is 55.3. The van der Waals surface area contributed by atoms with Crippen LogP contribution in [0.25, 0.3) is 0 Å². The van der Waals surface area contributed by atoms with Crippen molar-refractivity contribution < 1.29 is 47.8 Å². The zero-order valence-electron chi connectivity index (χ0n) is 35.6. The van der Waals surface area contributed by atoms with Gasteiger partial charge in [-0.1, -0.05) is 148 Å². The summed E-state index contributed by atoms with van der Waals surface area (Å²) in [4.78, 5) is 34.8. The number of phosphoric ester groups is 1. The molecule has 12 heteroatoms. The Labute approximate surface area is 355 Å². The van der Waals surface area contributed by atoms with Crippen LogP contribution in [0, 0.1) is 0 Å². The molecular weight excluding hydrogens is 769 g/mol. The maximum absolute atomic E-state index is 12.6. The number of rotatable bonds is 37. The highest BCUT2D eigenvalue weighted by molar-refractivity contribution is 7.47. The molecule has 0 saturated carbocycles. The van der Waals surface area contributed by atoms with Gasteiger partial charge < -0.3 is 30.3 Å². The Morgan fingerprint density at radius 1 is 0.627 bits per heavy atom. The summed E-state index contributed by atoms with van der Waals surface area (Å²) in [5, 5.41) is 20.0. The van der Waals surface area contributed by atoms with Crippen molar-refractivity contribution in [1.29, 1.82) is 0 Å². The maximum Gasteiger partial charge on any atom is 0.472 e. The summed E-state index contributed by atoms with van der Waals surface area (Å²) < 4.78 is 32.5. The molecule has 4 atom stereocenters. The highest BCUT2D eigenvalue weighted by Crippen LogP contribution is 2.43. The number of esters is 2. The number of carbonyl (C=O) groups is 2. The summed E-state index contributed by atoms with van der Waals surface area (Å²) in [7, 11) is -4.45. The van der Waals surface area contributed by atoms with Crippen LogP contribution in [0.3, 0.4) is 0 Å². The van der Waals surface area contributed by atoms with Crippen molar-refractivity contribution in [1.82, 2.24) is 0 Å². The predicted molar refractivity (Wildman–Crippen MR) is 240 cm³/mol. The van der Waals surface area contributed by atoms with Gasteiger partial charge in [0.25, 0.3) is 0 Å². The van der Waals surface area contributed by atoms with Crippen molar-refractivity contribution in [2.75, 3.05) is 26.4 Å². The van der Waals surface area contributed by atoms with E-state index in [2.05, 4.69) is 56.4 Å². The molecule has 0 aromatic rings. The smallest absolute Gasteiger partial charge is 0.462 e. The van der Waals surface area contributed by atoms with Crippen LogP contribution >= 0.6 is 7.82 Å². The van der Waals surface area contributed by atoms with E-state index in [0.29, 0.717) is 38.5 Å².